The first-order chi connectivity index (χ1) is 7.93. The number of carbonyl (C=O) groups excluding carboxylic acids is 2. The maximum atomic E-state index is 11.8. The van der Waals surface area contributed by atoms with Crippen LogP contribution in [0.1, 0.15) is 34.6 Å². The second-order valence-electron chi connectivity index (χ2n) is 3.71. The lowest BCUT2D eigenvalue weighted by Crippen LogP contribution is -2.50. The average molecular weight is 246 g/mol. The Labute approximate surface area is 105 Å². The Morgan fingerprint density at radius 3 is 2.06 bits per heavy atom. The third kappa shape index (κ3) is 6.81. The van der Waals surface area contributed by atoms with Crippen LogP contribution in [0, 0.1) is 5.92 Å². The minimum atomic E-state index is -0.577. The standard InChI is InChI=1S/C10H20N2O3.C2H6/c1-6-12(4)9(13)8(7(2)3)11-10(14)15-5;1-2/h7-8H,6H2,1-5H3,(H,11,14);1-2H3. The molecule has 0 bridgehead atoms. The molecule has 1 N–H and O–H groups in total. The van der Waals surface area contributed by atoms with Crippen LogP contribution in [-0.4, -0.2) is 43.6 Å². The van der Waals surface area contributed by atoms with Gasteiger partial charge in [-0.15, -0.1) is 0 Å². The van der Waals surface area contributed by atoms with Crippen molar-refractivity contribution in [2.24, 2.45) is 5.92 Å². The SMILES string of the molecule is CC.CCN(C)C(=O)C(NC(=O)OC)C(C)C. The summed E-state index contributed by atoms with van der Waals surface area (Å²) in [5.74, 6) is -0.0662. The molecule has 0 aromatic carbocycles. The number of amides is 2. The van der Waals surface area contributed by atoms with Crippen molar-refractivity contribution in [1.82, 2.24) is 10.2 Å². The third-order valence-corrected chi connectivity index (χ3v) is 2.24. The van der Waals surface area contributed by atoms with Crippen LogP contribution in [0.15, 0.2) is 0 Å². The Kier molecular flexibility index (Phi) is 10.6. The highest BCUT2D eigenvalue weighted by molar-refractivity contribution is 5.85. The van der Waals surface area contributed by atoms with Crippen molar-refractivity contribution in [2.45, 2.75) is 40.7 Å². The summed E-state index contributed by atoms with van der Waals surface area (Å²) in [6.07, 6.45) is -0.577. The first kappa shape index (κ1) is 18.1. The monoisotopic (exact) mass is 246 g/mol. The van der Waals surface area contributed by atoms with Crippen molar-refractivity contribution in [3.63, 3.8) is 0 Å². The predicted octanol–water partition coefficient (Wildman–Crippen LogP) is 1.87. The number of methoxy groups -OCH3 is 1. The molecule has 0 spiro atoms. The van der Waals surface area contributed by atoms with Gasteiger partial charge in [0.05, 0.1) is 7.11 Å². The van der Waals surface area contributed by atoms with Crippen LogP contribution >= 0.6 is 0 Å². The Balaban J connectivity index is 0. The maximum Gasteiger partial charge on any atom is 0.407 e. The van der Waals surface area contributed by atoms with Gasteiger partial charge < -0.3 is 15.0 Å². The van der Waals surface area contributed by atoms with E-state index in [9.17, 15) is 9.59 Å². The zero-order chi connectivity index (χ0) is 14.0. The fourth-order valence-electron chi connectivity index (χ4n) is 1.09. The molecular formula is C12H26N2O3. The van der Waals surface area contributed by atoms with Gasteiger partial charge in [-0.25, -0.2) is 4.79 Å². The van der Waals surface area contributed by atoms with Crippen LogP contribution in [-0.2, 0) is 9.53 Å². The fraction of sp³-hybridized carbons (Fsp3) is 0.833. The van der Waals surface area contributed by atoms with Gasteiger partial charge in [-0.3, -0.25) is 4.79 Å². The Hall–Kier alpha value is -1.26. The predicted molar refractivity (Wildman–Crippen MR) is 68.8 cm³/mol. The molecule has 0 saturated heterocycles. The summed E-state index contributed by atoms with van der Waals surface area (Å²) in [6.45, 7) is 10.3. The van der Waals surface area contributed by atoms with Crippen LogP contribution < -0.4 is 5.32 Å². The molecule has 0 radical (unpaired) electrons. The molecule has 102 valence electrons. The molecule has 0 saturated carbocycles. The number of nitrogens with zero attached hydrogens (tertiary/aromatic N) is 1. The van der Waals surface area contributed by atoms with E-state index in [-0.39, 0.29) is 11.8 Å². The summed E-state index contributed by atoms with van der Waals surface area (Å²) in [7, 11) is 2.98. The lowest BCUT2D eigenvalue weighted by Gasteiger charge is -2.25. The second-order valence-corrected chi connectivity index (χ2v) is 3.71. The normalized spacial score (nSPS) is 11.1. The summed E-state index contributed by atoms with van der Waals surface area (Å²) in [4.78, 5) is 24.4. The Bertz CT molecular complexity index is 230. The lowest BCUT2D eigenvalue weighted by atomic mass is 10.0. The van der Waals surface area contributed by atoms with Crippen LogP contribution in [0.5, 0.6) is 0 Å². The van der Waals surface area contributed by atoms with Gasteiger partial charge in [-0.2, -0.15) is 0 Å². The van der Waals surface area contributed by atoms with Crippen molar-refractivity contribution in [3.8, 4) is 0 Å². The van der Waals surface area contributed by atoms with Gasteiger partial charge in [0.25, 0.3) is 0 Å². The summed E-state index contributed by atoms with van der Waals surface area (Å²) < 4.78 is 4.47. The van der Waals surface area contributed by atoms with E-state index in [1.165, 1.54) is 7.11 Å². The second kappa shape index (κ2) is 9.93. The average Bonchev–Trinajstić information content (AvgIpc) is 2.35. The largest absolute Gasteiger partial charge is 0.453 e. The molecule has 0 fully saturated rings. The zero-order valence-electron chi connectivity index (χ0n) is 12.0. The number of nitrogens with one attached hydrogen (secondary N) is 1. The molecule has 0 aromatic rings. The van der Waals surface area contributed by atoms with Crippen LogP contribution in [0.2, 0.25) is 0 Å². The summed E-state index contributed by atoms with van der Waals surface area (Å²) in [6, 6.07) is -0.526. The van der Waals surface area contributed by atoms with Gasteiger partial charge in [0.2, 0.25) is 5.91 Å². The number of alkyl carbamates (subject to hydrolysis) is 1. The molecule has 0 aromatic heterocycles. The molecule has 0 rings (SSSR count). The molecule has 17 heavy (non-hydrogen) atoms. The van der Waals surface area contributed by atoms with Crippen LogP contribution in [0.3, 0.4) is 0 Å². The minimum absolute atomic E-state index is 0.0330. The molecule has 1 atom stereocenters. The first-order valence-corrected chi connectivity index (χ1v) is 6.03. The van der Waals surface area contributed by atoms with Crippen molar-refractivity contribution in [2.75, 3.05) is 20.7 Å². The number of rotatable bonds is 4. The van der Waals surface area contributed by atoms with Crippen LogP contribution in [0.25, 0.3) is 0 Å². The molecule has 0 aliphatic heterocycles. The summed E-state index contributed by atoms with van der Waals surface area (Å²) in [5.41, 5.74) is 0. The van der Waals surface area contributed by atoms with E-state index in [4.69, 9.17) is 0 Å². The lowest BCUT2D eigenvalue weighted by molar-refractivity contribution is -0.132. The quantitative estimate of drug-likeness (QED) is 0.824. The Morgan fingerprint density at radius 1 is 1.29 bits per heavy atom. The molecule has 0 heterocycles. The molecule has 0 aliphatic carbocycles. The van der Waals surface area contributed by atoms with E-state index in [2.05, 4.69) is 10.1 Å². The van der Waals surface area contributed by atoms with Gasteiger partial charge in [-0.1, -0.05) is 27.7 Å². The highest BCUT2D eigenvalue weighted by Gasteiger charge is 2.26. The molecule has 5 nitrogen and oxygen atoms in total. The van der Waals surface area contributed by atoms with E-state index < -0.39 is 12.1 Å². The summed E-state index contributed by atoms with van der Waals surface area (Å²) in [5, 5.41) is 2.53. The zero-order valence-corrected chi connectivity index (χ0v) is 12.0. The molecule has 5 heteroatoms. The van der Waals surface area contributed by atoms with Crippen molar-refractivity contribution < 1.29 is 14.3 Å². The van der Waals surface area contributed by atoms with Gasteiger partial charge >= 0.3 is 6.09 Å². The topological polar surface area (TPSA) is 58.6 Å². The number of carbonyl (C=O) groups is 2. The molecule has 0 aliphatic rings. The van der Waals surface area contributed by atoms with E-state index in [0.717, 1.165) is 0 Å². The van der Waals surface area contributed by atoms with Crippen molar-refractivity contribution in [3.05, 3.63) is 0 Å². The Morgan fingerprint density at radius 2 is 1.76 bits per heavy atom. The van der Waals surface area contributed by atoms with Gasteiger partial charge in [0.1, 0.15) is 6.04 Å². The maximum absolute atomic E-state index is 11.8. The van der Waals surface area contributed by atoms with E-state index in [1.54, 1.807) is 11.9 Å². The van der Waals surface area contributed by atoms with Crippen LogP contribution in [0.4, 0.5) is 4.79 Å². The molecular weight excluding hydrogens is 220 g/mol. The minimum Gasteiger partial charge on any atom is -0.453 e. The van der Waals surface area contributed by atoms with Crippen molar-refractivity contribution in [1.29, 1.82) is 0 Å². The highest BCUT2D eigenvalue weighted by atomic mass is 16.5. The smallest absolute Gasteiger partial charge is 0.407 e. The van der Waals surface area contributed by atoms with Gasteiger partial charge in [0, 0.05) is 13.6 Å². The number of hydrogen-bond donors (Lipinski definition) is 1. The third-order valence-electron chi connectivity index (χ3n) is 2.24. The van der Waals surface area contributed by atoms with E-state index in [0.29, 0.717) is 6.54 Å². The van der Waals surface area contributed by atoms with Crippen molar-refractivity contribution >= 4 is 12.0 Å². The van der Waals surface area contributed by atoms with Gasteiger partial charge in [-0.05, 0) is 12.8 Å². The first-order valence-electron chi connectivity index (χ1n) is 6.03. The fourth-order valence-corrected chi connectivity index (χ4v) is 1.09. The number of ether oxygens (including phenoxy) is 1. The van der Waals surface area contributed by atoms with E-state index >= 15 is 0 Å². The highest BCUT2D eigenvalue weighted by Crippen LogP contribution is 2.05. The molecule has 2 amide bonds. The number of hydrogen-bond acceptors (Lipinski definition) is 3. The van der Waals surface area contributed by atoms with E-state index in [1.807, 2.05) is 34.6 Å². The summed E-state index contributed by atoms with van der Waals surface area (Å²) >= 11 is 0. The van der Waals surface area contributed by atoms with Gasteiger partial charge in [0.15, 0.2) is 0 Å². The number of likely N-dealkylation sites (N-methyl/N-ethyl adjacent to an activating group) is 1. The molecule has 1 unspecified atom stereocenters.